The molecule has 6 nitrogen and oxygen atoms in total. The topological polar surface area (TPSA) is 110 Å². The van der Waals surface area contributed by atoms with Crippen molar-refractivity contribution in [2.24, 2.45) is 0 Å². The zero-order valence-corrected chi connectivity index (χ0v) is 40.9. The van der Waals surface area contributed by atoms with Gasteiger partial charge in [-0.15, -0.1) is 0 Å². The molecule has 6 heteroatoms. The van der Waals surface area contributed by atoms with Crippen molar-refractivity contribution in [1.29, 1.82) is 0 Å². The molecule has 0 rings (SSSR count). The molecule has 0 aliphatic rings. The van der Waals surface area contributed by atoms with Gasteiger partial charge in [-0.3, -0.25) is 4.79 Å². The monoisotopic (exact) mass is 862 g/mol. The highest BCUT2D eigenvalue weighted by Gasteiger charge is 2.28. The fourth-order valence-electron chi connectivity index (χ4n) is 8.60. The van der Waals surface area contributed by atoms with Crippen LogP contribution in [0.5, 0.6) is 0 Å². The lowest BCUT2D eigenvalue weighted by Gasteiger charge is -2.27. The molecule has 5 N–H and O–H groups in total. The van der Waals surface area contributed by atoms with Gasteiger partial charge in [-0.1, -0.05) is 263 Å². The summed E-state index contributed by atoms with van der Waals surface area (Å²) in [4.78, 5) is 12.6. The van der Waals surface area contributed by atoms with Gasteiger partial charge in [0, 0.05) is 0 Å². The maximum absolute atomic E-state index is 12.6. The van der Waals surface area contributed by atoms with Crippen LogP contribution in [0.3, 0.4) is 0 Å². The van der Waals surface area contributed by atoms with Gasteiger partial charge < -0.3 is 25.7 Å². The van der Waals surface area contributed by atoms with E-state index in [9.17, 15) is 25.2 Å². The summed E-state index contributed by atoms with van der Waals surface area (Å²) < 4.78 is 0. The Balaban J connectivity index is 3.67. The molecule has 0 heterocycles. The molecule has 0 bridgehead atoms. The highest BCUT2D eigenvalue weighted by Crippen LogP contribution is 2.17. The minimum Gasteiger partial charge on any atom is -0.394 e. The molecule has 0 saturated heterocycles. The molecular formula is C55H107NO5. The quantitative estimate of drug-likeness (QED) is 0.0309. The van der Waals surface area contributed by atoms with E-state index in [-0.39, 0.29) is 0 Å². The molecule has 0 fully saturated rings. The predicted octanol–water partition coefficient (Wildman–Crippen LogP) is 15.5. The molecular weight excluding hydrogens is 755 g/mol. The van der Waals surface area contributed by atoms with Crippen LogP contribution in [0.25, 0.3) is 0 Å². The Hall–Kier alpha value is -1.21. The average Bonchev–Trinajstić information content (AvgIpc) is 3.26. The number of carbonyl (C=O) groups excluding carboxylic acids is 1. The van der Waals surface area contributed by atoms with E-state index >= 15 is 0 Å². The number of nitrogens with one attached hydrogen (secondary N) is 1. The highest BCUT2D eigenvalue weighted by atomic mass is 16.3. The minimum atomic E-state index is -1.29. The summed E-state index contributed by atoms with van der Waals surface area (Å²) >= 11 is 0. The summed E-state index contributed by atoms with van der Waals surface area (Å²) in [7, 11) is 0. The van der Waals surface area contributed by atoms with E-state index in [1.54, 1.807) is 0 Å². The first-order valence-electron chi connectivity index (χ1n) is 27.2. The fourth-order valence-corrected chi connectivity index (χ4v) is 8.60. The zero-order chi connectivity index (χ0) is 44.5. The van der Waals surface area contributed by atoms with E-state index < -0.39 is 36.9 Å². The van der Waals surface area contributed by atoms with Gasteiger partial charge >= 0.3 is 0 Å². The smallest absolute Gasteiger partial charge is 0.249 e. The molecule has 362 valence electrons. The van der Waals surface area contributed by atoms with Gasteiger partial charge in [0.15, 0.2) is 0 Å². The van der Waals surface area contributed by atoms with Crippen LogP contribution in [-0.4, -0.2) is 57.3 Å². The van der Waals surface area contributed by atoms with Crippen LogP contribution in [-0.2, 0) is 4.79 Å². The summed E-state index contributed by atoms with van der Waals surface area (Å²) in [6.45, 7) is 4.07. The third-order valence-electron chi connectivity index (χ3n) is 12.9. The predicted molar refractivity (Wildman–Crippen MR) is 265 cm³/mol. The summed E-state index contributed by atoms with van der Waals surface area (Å²) in [5, 5.41) is 43.9. The molecule has 0 spiro atoms. The number of aliphatic hydroxyl groups is 4. The van der Waals surface area contributed by atoms with E-state index in [2.05, 4.69) is 43.5 Å². The molecule has 0 aliphatic heterocycles. The van der Waals surface area contributed by atoms with Gasteiger partial charge in [0.2, 0.25) is 5.91 Å². The number of allylic oxidation sites excluding steroid dienone is 4. The SMILES string of the molecule is CCCCCCCCCCCCCCCCCCCCC/C=C/CC/C=C/CCCC(O)C(O)C(CO)NC(=O)C(O)CCCCCCCCCCCCCCCCCCC. The van der Waals surface area contributed by atoms with E-state index in [1.807, 2.05) is 0 Å². The average molecular weight is 862 g/mol. The van der Waals surface area contributed by atoms with Crippen LogP contribution < -0.4 is 5.32 Å². The zero-order valence-electron chi connectivity index (χ0n) is 40.9. The molecule has 4 unspecified atom stereocenters. The molecule has 0 aromatic carbocycles. The van der Waals surface area contributed by atoms with Crippen LogP contribution in [0, 0.1) is 0 Å². The summed E-state index contributed by atoms with van der Waals surface area (Å²) in [5.41, 5.74) is 0. The Morgan fingerprint density at radius 2 is 0.689 bits per heavy atom. The van der Waals surface area contributed by atoms with Gasteiger partial charge in [-0.05, 0) is 51.4 Å². The van der Waals surface area contributed by atoms with Crippen molar-refractivity contribution < 1.29 is 25.2 Å². The number of unbranched alkanes of at least 4 members (excludes halogenated alkanes) is 37. The normalized spacial score (nSPS) is 14.0. The van der Waals surface area contributed by atoms with E-state index in [4.69, 9.17) is 0 Å². The second-order valence-corrected chi connectivity index (χ2v) is 18.9. The van der Waals surface area contributed by atoms with Gasteiger partial charge in [-0.2, -0.15) is 0 Å². The second-order valence-electron chi connectivity index (χ2n) is 18.9. The van der Waals surface area contributed by atoms with Crippen LogP contribution >= 0.6 is 0 Å². The maximum Gasteiger partial charge on any atom is 0.249 e. The molecule has 0 aromatic rings. The number of aliphatic hydroxyl groups excluding tert-OH is 4. The van der Waals surface area contributed by atoms with Crippen LogP contribution in [0.4, 0.5) is 0 Å². The van der Waals surface area contributed by atoms with Gasteiger partial charge in [0.1, 0.15) is 12.2 Å². The van der Waals surface area contributed by atoms with Crippen molar-refractivity contribution in [3.63, 3.8) is 0 Å². The maximum atomic E-state index is 12.6. The Morgan fingerprint density at radius 3 is 1.03 bits per heavy atom. The van der Waals surface area contributed by atoms with Crippen molar-refractivity contribution in [1.82, 2.24) is 5.32 Å². The van der Waals surface area contributed by atoms with Gasteiger partial charge in [-0.25, -0.2) is 0 Å². The Labute approximate surface area is 380 Å². The molecule has 1 amide bonds. The second kappa shape index (κ2) is 49.8. The number of hydrogen-bond donors (Lipinski definition) is 5. The first-order chi connectivity index (χ1) is 30.0. The molecule has 0 aromatic heterocycles. The molecule has 0 aliphatic carbocycles. The number of amides is 1. The Morgan fingerprint density at radius 1 is 0.393 bits per heavy atom. The largest absolute Gasteiger partial charge is 0.394 e. The number of rotatable bonds is 50. The van der Waals surface area contributed by atoms with Crippen molar-refractivity contribution in [2.45, 2.75) is 314 Å². The third kappa shape index (κ3) is 43.8. The summed E-state index contributed by atoms with van der Waals surface area (Å²) in [5.74, 6) is -0.593. The highest BCUT2D eigenvalue weighted by molar-refractivity contribution is 5.80. The van der Waals surface area contributed by atoms with Crippen molar-refractivity contribution in [3.8, 4) is 0 Å². The van der Waals surface area contributed by atoms with Crippen molar-refractivity contribution in [2.75, 3.05) is 6.61 Å². The van der Waals surface area contributed by atoms with Gasteiger partial charge in [0.05, 0.1) is 18.8 Å². The first-order valence-corrected chi connectivity index (χ1v) is 27.2. The molecule has 0 saturated carbocycles. The van der Waals surface area contributed by atoms with Gasteiger partial charge in [0.25, 0.3) is 0 Å². The van der Waals surface area contributed by atoms with Crippen LogP contribution in [0.2, 0.25) is 0 Å². The molecule has 61 heavy (non-hydrogen) atoms. The van der Waals surface area contributed by atoms with Crippen LogP contribution in [0.15, 0.2) is 24.3 Å². The van der Waals surface area contributed by atoms with E-state index in [0.29, 0.717) is 19.3 Å². The lowest BCUT2D eigenvalue weighted by atomic mass is 10.00. The summed E-state index contributed by atoms with van der Waals surface area (Å²) in [6.07, 6.45) is 59.6. The lowest BCUT2D eigenvalue weighted by molar-refractivity contribution is -0.132. The fraction of sp³-hybridized carbons (Fsp3) is 0.909. The van der Waals surface area contributed by atoms with Crippen molar-refractivity contribution in [3.05, 3.63) is 24.3 Å². The Kier molecular flexibility index (Phi) is 48.8. The van der Waals surface area contributed by atoms with E-state index in [0.717, 1.165) is 38.5 Å². The summed E-state index contributed by atoms with van der Waals surface area (Å²) in [6, 6.07) is -1.01. The Bertz CT molecular complexity index is 924. The molecule has 0 radical (unpaired) electrons. The van der Waals surface area contributed by atoms with Crippen molar-refractivity contribution >= 4 is 5.91 Å². The van der Waals surface area contributed by atoms with Crippen LogP contribution in [0.1, 0.15) is 290 Å². The number of hydrogen-bond acceptors (Lipinski definition) is 5. The minimum absolute atomic E-state index is 0.364. The lowest BCUT2D eigenvalue weighted by Crippen LogP contribution is -2.53. The first kappa shape index (κ1) is 59.8. The van der Waals surface area contributed by atoms with E-state index in [1.165, 1.54) is 218 Å². The number of carbonyl (C=O) groups is 1. The standard InChI is InChI=1S/C55H107NO5/c1-3-5-7-9-11-13-15-17-19-21-22-23-24-25-26-27-28-29-30-31-33-34-36-38-40-42-44-46-48-52(58)54(60)51(50-57)56-55(61)53(59)49-47-45-43-41-39-37-35-32-20-18-16-14-12-10-8-6-4-2/h33-34,40,42,51-54,57-60H,3-32,35-39,41,43-50H2,1-2H3,(H,56,61)/b34-33+,42-40+. The molecule has 4 atom stereocenters. The third-order valence-corrected chi connectivity index (χ3v) is 12.9.